The minimum atomic E-state index is -4.42. The number of aryl methyl sites for hydroxylation is 1. The van der Waals surface area contributed by atoms with E-state index in [-0.39, 0.29) is 18.7 Å². The van der Waals surface area contributed by atoms with Gasteiger partial charge < -0.3 is 15.2 Å². The quantitative estimate of drug-likeness (QED) is 0.338. The fourth-order valence-corrected chi connectivity index (χ4v) is 4.95. The molecule has 0 bridgehead atoms. The van der Waals surface area contributed by atoms with Gasteiger partial charge in [0, 0.05) is 41.9 Å². The van der Waals surface area contributed by atoms with Crippen molar-refractivity contribution in [2.24, 2.45) is 0 Å². The first-order chi connectivity index (χ1) is 17.4. The van der Waals surface area contributed by atoms with E-state index in [1.165, 1.54) is 17.7 Å². The van der Waals surface area contributed by atoms with Crippen molar-refractivity contribution in [1.29, 1.82) is 0 Å². The Hall–Kier alpha value is -3.24. The fourth-order valence-electron chi connectivity index (χ4n) is 4.95. The number of hydrogen-bond acceptors (Lipinski definition) is 4. The van der Waals surface area contributed by atoms with Gasteiger partial charge in [0.1, 0.15) is 18.8 Å². The molecule has 0 spiro atoms. The lowest BCUT2D eigenvalue weighted by Crippen LogP contribution is -2.50. The van der Waals surface area contributed by atoms with Crippen LogP contribution in [0, 0.1) is 0 Å². The maximum Gasteiger partial charge on any atom is 0.416 e. The Kier molecular flexibility index (Phi) is 7.06. The van der Waals surface area contributed by atoms with Crippen molar-refractivity contribution in [3.63, 3.8) is 0 Å². The third-order valence-electron chi connectivity index (χ3n) is 6.89. The van der Waals surface area contributed by atoms with Gasteiger partial charge in [0.25, 0.3) is 0 Å². The fraction of sp³-hybridized carbons (Fsp3) is 0.385. The highest BCUT2D eigenvalue weighted by atomic mass is 19.4. The van der Waals surface area contributed by atoms with E-state index in [0.29, 0.717) is 13.0 Å². The summed E-state index contributed by atoms with van der Waals surface area (Å²) in [5.41, 5.74) is 2.73. The minimum absolute atomic E-state index is 0.00153. The van der Waals surface area contributed by atoms with Crippen molar-refractivity contribution in [2.45, 2.75) is 44.2 Å². The van der Waals surface area contributed by atoms with Gasteiger partial charge in [-0.05, 0) is 67.7 Å². The van der Waals surface area contributed by atoms with Gasteiger partial charge in [-0.2, -0.15) is 13.2 Å². The van der Waals surface area contributed by atoms with Crippen LogP contribution in [0.5, 0.6) is 0 Å². The molecule has 4 aromatic rings. The Morgan fingerprint density at radius 3 is 2.64 bits per heavy atom. The number of halogens is 4. The van der Waals surface area contributed by atoms with Crippen molar-refractivity contribution in [2.75, 3.05) is 19.6 Å². The molecule has 2 atom stereocenters. The lowest BCUT2D eigenvalue weighted by molar-refractivity contribution is -0.138. The number of hydrogen-bond donors (Lipinski definition) is 2. The molecule has 1 saturated heterocycles. The first-order valence-electron chi connectivity index (χ1n) is 12.1. The molecule has 0 aliphatic carbocycles. The van der Waals surface area contributed by atoms with Crippen LogP contribution in [0.4, 0.5) is 17.6 Å². The molecule has 0 amide bonds. The summed E-state index contributed by atoms with van der Waals surface area (Å²) in [6.45, 7) is 1.76. The van der Waals surface area contributed by atoms with Crippen LogP contribution in [-0.4, -0.2) is 56.5 Å². The molecule has 0 saturated carbocycles. The van der Waals surface area contributed by atoms with E-state index in [0.717, 1.165) is 42.0 Å². The number of nitrogens with one attached hydrogen (secondary N) is 2. The summed E-state index contributed by atoms with van der Waals surface area (Å²) in [4.78, 5) is 5.41. The molecule has 2 aromatic carbocycles. The van der Waals surface area contributed by atoms with Crippen LogP contribution >= 0.6 is 0 Å². The zero-order valence-corrected chi connectivity index (χ0v) is 19.7. The molecule has 2 aromatic heterocycles. The smallest absolute Gasteiger partial charge is 0.361 e. The second-order valence-corrected chi connectivity index (χ2v) is 9.26. The normalized spacial score (nSPS) is 19.2. The summed E-state index contributed by atoms with van der Waals surface area (Å²) in [6, 6.07) is 11.2. The second kappa shape index (κ2) is 10.4. The molecule has 0 radical (unpaired) electrons. The molecule has 6 nitrogen and oxygen atoms in total. The van der Waals surface area contributed by atoms with Crippen LogP contribution in [-0.2, 0) is 19.1 Å². The average Bonchev–Trinajstić information content (AvgIpc) is 3.53. The number of benzene rings is 2. The maximum absolute atomic E-state index is 14.9. The highest BCUT2D eigenvalue weighted by molar-refractivity contribution is 5.85. The van der Waals surface area contributed by atoms with E-state index < -0.39 is 24.0 Å². The van der Waals surface area contributed by atoms with Gasteiger partial charge in [-0.1, -0.05) is 18.2 Å². The number of nitrogens with zero attached hydrogens (tertiary/aromatic N) is 4. The van der Waals surface area contributed by atoms with Crippen LogP contribution < -0.4 is 5.32 Å². The molecule has 190 valence electrons. The summed E-state index contributed by atoms with van der Waals surface area (Å²) in [7, 11) is 0. The summed E-state index contributed by atoms with van der Waals surface area (Å²) < 4.78 is 56.4. The minimum Gasteiger partial charge on any atom is -0.361 e. The molecule has 0 unspecified atom stereocenters. The molecule has 2 N–H and O–H groups in total. The molecule has 10 heteroatoms. The number of rotatable bonds is 8. The van der Waals surface area contributed by atoms with Crippen molar-refractivity contribution < 1.29 is 17.6 Å². The van der Waals surface area contributed by atoms with E-state index in [2.05, 4.69) is 31.5 Å². The van der Waals surface area contributed by atoms with Gasteiger partial charge in [-0.3, -0.25) is 4.57 Å². The molecular weight excluding hydrogens is 472 g/mol. The van der Waals surface area contributed by atoms with E-state index >= 15 is 0 Å². The SMILES string of the molecule is F[C@@H]1CN(CCCc2c[nH]c3ccc(-n4cnnc4)cc23)CC[C@H]1NCc1ccccc1C(F)(F)F. The van der Waals surface area contributed by atoms with Gasteiger partial charge in [-0.15, -0.1) is 10.2 Å². The number of alkyl halides is 4. The first-order valence-corrected chi connectivity index (χ1v) is 12.1. The monoisotopic (exact) mass is 500 g/mol. The summed E-state index contributed by atoms with van der Waals surface area (Å²) >= 11 is 0. The first kappa shape index (κ1) is 24.5. The highest BCUT2D eigenvalue weighted by Gasteiger charge is 2.34. The van der Waals surface area contributed by atoms with Gasteiger partial charge in [0.05, 0.1) is 5.56 Å². The van der Waals surface area contributed by atoms with Gasteiger partial charge in [0.15, 0.2) is 0 Å². The largest absolute Gasteiger partial charge is 0.416 e. The third kappa shape index (κ3) is 5.44. The van der Waals surface area contributed by atoms with E-state index in [1.807, 2.05) is 22.9 Å². The Labute approximate surface area is 206 Å². The number of aromatic nitrogens is 4. The predicted molar refractivity (Wildman–Crippen MR) is 130 cm³/mol. The van der Waals surface area contributed by atoms with Crippen LogP contribution in [0.2, 0.25) is 0 Å². The van der Waals surface area contributed by atoms with Gasteiger partial charge in [0.2, 0.25) is 0 Å². The van der Waals surface area contributed by atoms with E-state index in [4.69, 9.17) is 0 Å². The van der Waals surface area contributed by atoms with Crippen molar-refractivity contribution in [3.8, 4) is 5.69 Å². The number of piperidine rings is 1. The molecule has 1 aliphatic heterocycles. The van der Waals surface area contributed by atoms with Crippen LogP contribution in [0.1, 0.15) is 29.5 Å². The van der Waals surface area contributed by atoms with Crippen LogP contribution in [0.25, 0.3) is 16.6 Å². The predicted octanol–water partition coefficient (Wildman–Crippen LogP) is 4.90. The number of fused-ring (bicyclic) bond motifs is 1. The second-order valence-electron chi connectivity index (χ2n) is 9.26. The van der Waals surface area contributed by atoms with Crippen molar-refractivity contribution in [1.82, 2.24) is 30.0 Å². The Morgan fingerprint density at radius 1 is 1.06 bits per heavy atom. The maximum atomic E-state index is 14.9. The topological polar surface area (TPSA) is 61.8 Å². The van der Waals surface area contributed by atoms with Crippen LogP contribution in [0.3, 0.4) is 0 Å². The lowest BCUT2D eigenvalue weighted by Gasteiger charge is -2.35. The Morgan fingerprint density at radius 2 is 1.86 bits per heavy atom. The van der Waals surface area contributed by atoms with Gasteiger partial charge in [-0.25, -0.2) is 4.39 Å². The zero-order valence-electron chi connectivity index (χ0n) is 19.7. The molecule has 1 aliphatic rings. The average molecular weight is 501 g/mol. The molecule has 1 fully saturated rings. The van der Waals surface area contributed by atoms with E-state index in [9.17, 15) is 17.6 Å². The lowest BCUT2D eigenvalue weighted by atomic mass is 10.0. The van der Waals surface area contributed by atoms with Gasteiger partial charge >= 0.3 is 6.18 Å². The zero-order chi connectivity index (χ0) is 25.1. The standard InChI is InChI=1S/C26H28F4N6/c27-23-15-35(11-9-25(23)32-14-19-4-1-2-6-22(19)26(28,29)30)10-3-5-18-13-31-24-8-7-20(12-21(18)24)36-16-33-34-17-36/h1-2,4,6-8,12-13,16-17,23,25,31-32H,3,5,9-11,14-15H2/t23-,25-/m1/s1. The third-order valence-corrected chi connectivity index (χ3v) is 6.89. The highest BCUT2D eigenvalue weighted by Crippen LogP contribution is 2.32. The number of aromatic amines is 1. The molecular formula is C26H28F4N6. The summed E-state index contributed by atoms with van der Waals surface area (Å²) in [5.74, 6) is 0. The number of H-pyrrole nitrogens is 1. The molecule has 5 rings (SSSR count). The number of likely N-dealkylation sites (tertiary alicyclic amines) is 1. The summed E-state index contributed by atoms with van der Waals surface area (Å²) in [6.07, 6.45) is 2.10. The molecule has 36 heavy (non-hydrogen) atoms. The van der Waals surface area contributed by atoms with Crippen LogP contribution in [0.15, 0.2) is 61.3 Å². The Bertz CT molecular complexity index is 1280. The Balaban J connectivity index is 1.12. The molecule has 3 heterocycles. The van der Waals surface area contributed by atoms with E-state index in [1.54, 1.807) is 18.7 Å². The van der Waals surface area contributed by atoms with Crippen molar-refractivity contribution in [3.05, 3.63) is 78.0 Å². The van der Waals surface area contributed by atoms with Crippen molar-refractivity contribution >= 4 is 10.9 Å². The summed E-state index contributed by atoms with van der Waals surface area (Å²) in [5, 5.41) is 11.9.